The van der Waals surface area contributed by atoms with Crippen LogP contribution in [0.1, 0.15) is 32.8 Å². The van der Waals surface area contributed by atoms with Crippen LogP contribution in [0.2, 0.25) is 0 Å². The van der Waals surface area contributed by atoms with E-state index >= 15 is 0 Å². The molecule has 1 atom stereocenters. The minimum atomic E-state index is -0.374. The van der Waals surface area contributed by atoms with Gasteiger partial charge in [-0.1, -0.05) is 25.1 Å². The molecule has 0 spiro atoms. The molecular weight excluding hydrogens is 259 g/mol. The Kier molecular flexibility index (Phi) is 6.15. The van der Waals surface area contributed by atoms with E-state index in [1.54, 1.807) is 18.2 Å². The van der Waals surface area contributed by atoms with E-state index in [1.807, 2.05) is 13.8 Å². The molecular formula is C15H21FN2O2. The first-order valence-corrected chi connectivity index (χ1v) is 6.72. The molecule has 0 aliphatic rings. The highest BCUT2D eigenvalue weighted by molar-refractivity contribution is 5.83. The summed E-state index contributed by atoms with van der Waals surface area (Å²) in [6, 6.07) is 6.30. The number of halogens is 1. The summed E-state index contributed by atoms with van der Waals surface area (Å²) in [6.45, 7) is 5.27. The fourth-order valence-electron chi connectivity index (χ4n) is 1.71. The van der Waals surface area contributed by atoms with Gasteiger partial charge in [-0.3, -0.25) is 9.59 Å². The first kappa shape index (κ1) is 16.1. The number of benzene rings is 1. The third kappa shape index (κ3) is 4.99. The Hall–Kier alpha value is -1.91. The molecule has 1 unspecified atom stereocenters. The molecule has 2 amide bonds. The summed E-state index contributed by atoms with van der Waals surface area (Å²) in [7, 11) is 0. The van der Waals surface area contributed by atoms with Crippen LogP contribution in [0, 0.1) is 5.82 Å². The zero-order valence-corrected chi connectivity index (χ0v) is 12.1. The van der Waals surface area contributed by atoms with Crippen molar-refractivity contribution in [1.29, 1.82) is 0 Å². The van der Waals surface area contributed by atoms with Crippen molar-refractivity contribution >= 4 is 11.8 Å². The van der Waals surface area contributed by atoms with Gasteiger partial charge in [0.25, 0.3) is 0 Å². The number of rotatable bonds is 6. The van der Waals surface area contributed by atoms with Gasteiger partial charge in [-0.15, -0.1) is 0 Å². The molecule has 1 aromatic carbocycles. The fraction of sp³-hybridized carbons (Fsp3) is 0.467. The molecule has 110 valence electrons. The Balaban J connectivity index is 2.68. The van der Waals surface area contributed by atoms with E-state index in [0.717, 1.165) is 6.42 Å². The van der Waals surface area contributed by atoms with Crippen LogP contribution in [-0.2, 0) is 16.1 Å². The minimum absolute atomic E-state index is 0.0600. The SMILES string of the molecule is CCC(C)NC(=O)CN(Cc1ccccc1F)C(C)=O. The van der Waals surface area contributed by atoms with Gasteiger partial charge >= 0.3 is 0 Å². The summed E-state index contributed by atoms with van der Waals surface area (Å²) >= 11 is 0. The molecule has 0 aliphatic carbocycles. The van der Waals surface area contributed by atoms with E-state index in [1.165, 1.54) is 17.9 Å². The van der Waals surface area contributed by atoms with E-state index < -0.39 is 0 Å². The third-order valence-corrected chi connectivity index (χ3v) is 3.12. The van der Waals surface area contributed by atoms with Crippen LogP contribution in [-0.4, -0.2) is 29.3 Å². The largest absolute Gasteiger partial charge is 0.352 e. The number of hydrogen-bond acceptors (Lipinski definition) is 2. The van der Waals surface area contributed by atoms with Crippen LogP contribution in [0.25, 0.3) is 0 Å². The molecule has 1 aromatic rings. The molecule has 20 heavy (non-hydrogen) atoms. The van der Waals surface area contributed by atoms with Crippen molar-refractivity contribution in [2.24, 2.45) is 0 Å². The second kappa shape index (κ2) is 7.62. The summed E-state index contributed by atoms with van der Waals surface area (Å²) in [5.41, 5.74) is 0.402. The smallest absolute Gasteiger partial charge is 0.239 e. The quantitative estimate of drug-likeness (QED) is 0.867. The maximum absolute atomic E-state index is 13.6. The number of nitrogens with zero attached hydrogens (tertiary/aromatic N) is 1. The minimum Gasteiger partial charge on any atom is -0.352 e. The van der Waals surface area contributed by atoms with Crippen molar-refractivity contribution in [3.63, 3.8) is 0 Å². The Morgan fingerprint density at radius 3 is 2.55 bits per heavy atom. The standard InChI is InChI=1S/C15H21FN2O2/c1-4-11(2)17-15(20)10-18(12(3)19)9-13-7-5-6-8-14(13)16/h5-8,11H,4,9-10H2,1-3H3,(H,17,20). The molecule has 1 N–H and O–H groups in total. The molecule has 0 aliphatic heterocycles. The monoisotopic (exact) mass is 280 g/mol. The Morgan fingerprint density at radius 2 is 2.00 bits per heavy atom. The predicted molar refractivity (Wildman–Crippen MR) is 75.4 cm³/mol. The molecule has 0 saturated carbocycles. The first-order valence-electron chi connectivity index (χ1n) is 6.72. The van der Waals surface area contributed by atoms with Gasteiger partial charge in [0.15, 0.2) is 0 Å². The van der Waals surface area contributed by atoms with E-state index in [0.29, 0.717) is 5.56 Å². The second-order valence-electron chi connectivity index (χ2n) is 4.84. The van der Waals surface area contributed by atoms with E-state index in [-0.39, 0.29) is 36.8 Å². The van der Waals surface area contributed by atoms with Crippen LogP contribution in [0.3, 0.4) is 0 Å². The Morgan fingerprint density at radius 1 is 1.35 bits per heavy atom. The summed E-state index contributed by atoms with van der Waals surface area (Å²) < 4.78 is 13.6. The maximum atomic E-state index is 13.6. The highest BCUT2D eigenvalue weighted by atomic mass is 19.1. The summed E-state index contributed by atoms with van der Waals surface area (Å²) in [4.78, 5) is 24.7. The lowest BCUT2D eigenvalue weighted by Crippen LogP contribution is -2.42. The zero-order chi connectivity index (χ0) is 15.1. The van der Waals surface area contributed by atoms with Gasteiger partial charge in [0.05, 0.1) is 6.54 Å². The number of nitrogens with one attached hydrogen (secondary N) is 1. The van der Waals surface area contributed by atoms with Gasteiger partial charge in [0.2, 0.25) is 11.8 Å². The summed E-state index contributed by atoms with van der Waals surface area (Å²) in [6.07, 6.45) is 0.819. The molecule has 5 heteroatoms. The van der Waals surface area contributed by atoms with Crippen LogP contribution in [0.4, 0.5) is 4.39 Å². The maximum Gasteiger partial charge on any atom is 0.239 e. The molecule has 0 saturated heterocycles. The number of amides is 2. The van der Waals surface area contributed by atoms with Crippen molar-refractivity contribution < 1.29 is 14.0 Å². The fourth-order valence-corrected chi connectivity index (χ4v) is 1.71. The van der Waals surface area contributed by atoms with Crippen LogP contribution in [0.15, 0.2) is 24.3 Å². The van der Waals surface area contributed by atoms with Crippen molar-refractivity contribution in [3.05, 3.63) is 35.6 Å². The van der Waals surface area contributed by atoms with Gasteiger partial charge in [0.1, 0.15) is 5.82 Å². The molecule has 0 aromatic heterocycles. The number of carbonyl (C=O) groups excluding carboxylic acids is 2. The zero-order valence-electron chi connectivity index (χ0n) is 12.1. The lowest BCUT2D eigenvalue weighted by Gasteiger charge is -2.22. The van der Waals surface area contributed by atoms with Gasteiger partial charge in [0, 0.05) is 25.1 Å². The third-order valence-electron chi connectivity index (χ3n) is 3.12. The van der Waals surface area contributed by atoms with Gasteiger partial charge in [-0.2, -0.15) is 0 Å². The van der Waals surface area contributed by atoms with E-state index in [9.17, 15) is 14.0 Å². The van der Waals surface area contributed by atoms with Crippen molar-refractivity contribution in [2.45, 2.75) is 39.8 Å². The average Bonchev–Trinajstić information content (AvgIpc) is 2.40. The first-order chi connectivity index (χ1) is 9.43. The number of carbonyl (C=O) groups is 2. The Bertz CT molecular complexity index is 477. The van der Waals surface area contributed by atoms with Gasteiger partial charge in [-0.05, 0) is 19.4 Å². The lowest BCUT2D eigenvalue weighted by atomic mass is 10.2. The van der Waals surface area contributed by atoms with Crippen molar-refractivity contribution in [2.75, 3.05) is 6.54 Å². The van der Waals surface area contributed by atoms with Gasteiger partial charge in [-0.25, -0.2) is 4.39 Å². The van der Waals surface area contributed by atoms with Crippen molar-refractivity contribution in [1.82, 2.24) is 10.2 Å². The normalized spacial score (nSPS) is 11.8. The Labute approximate surface area is 119 Å². The molecule has 1 rings (SSSR count). The van der Waals surface area contributed by atoms with Crippen molar-refractivity contribution in [3.8, 4) is 0 Å². The van der Waals surface area contributed by atoms with Gasteiger partial charge < -0.3 is 10.2 Å². The van der Waals surface area contributed by atoms with E-state index in [2.05, 4.69) is 5.32 Å². The van der Waals surface area contributed by atoms with Crippen LogP contribution >= 0.6 is 0 Å². The summed E-state index contributed by atoms with van der Waals surface area (Å²) in [5, 5.41) is 2.79. The molecule has 0 bridgehead atoms. The highest BCUT2D eigenvalue weighted by Crippen LogP contribution is 2.10. The van der Waals surface area contributed by atoms with E-state index in [4.69, 9.17) is 0 Å². The molecule has 0 fully saturated rings. The highest BCUT2D eigenvalue weighted by Gasteiger charge is 2.16. The molecule has 0 radical (unpaired) electrons. The lowest BCUT2D eigenvalue weighted by molar-refractivity contribution is -0.135. The second-order valence-corrected chi connectivity index (χ2v) is 4.84. The predicted octanol–water partition coefficient (Wildman–Crippen LogP) is 2.09. The van der Waals surface area contributed by atoms with Crippen LogP contribution < -0.4 is 5.32 Å². The topological polar surface area (TPSA) is 49.4 Å². The average molecular weight is 280 g/mol. The molecule has 0 heterocycles. The summed E-state index contributed by atoms with van der Waals surface area (Å²) in [5.74, 6) is -0.862. The number of hydrogen-bond donors (Lipinski definition) is 1. The van der Waals surface area contributed by atoms with Crippen LogP contribution in [0.5, 0.6) is 0 Å². The molecule has 4 nitrogen and oxygen atoms in total.